The lowest BCUT2D eigenvalue weighted by molar-refractivity contribution is -0.00503. The number of sulfonamides is 1. The van der Waals surface area contributed by atoms with Gasteiger partial charge in [-0.15, -0.1) is 11.3 Å². The van der Waals surface area contributed by atoms with E-state index in [4.69, 9.17) is 4.74 Å². The molecule has 8 heteroatoms. The van der Waals surface area contributed by atoms with Crippen molar-refractivity contribution in [3.63, 3.8) is 0 Å². The number of thiophene rings is 1. The Labute approximate surface area is 127 Å². The maximum Gasteiger partial charge on any atom is 0.252 e. The van der Waals surface area contributed by atoms with Crippen LogP contribution in [0.4, 0.5) is 0 Å². The molecule has 0 unspecified atom stereocenters. The van der Waals surface area contributed by atoms with Crippen LogP contribution in [0.25, 0.3) is 0 Å². The Balaban J connectivity index is 1.83. The molecule has 2 aromatic rings. The molecule has 1 aliphatic rings. The quantitative estimate of drug-likeness (QED) is 0.857. The van der Waals surface area contributed by atoms with Crippen LogP contribution in [0.15, 0.2) is 34.0 Å². The highest BCUT2D eigenvalue weighted by molar-refractivity contribution is 7.91. The van der Waals surface area contributed by atoms with Crippen LogP contribution in [0, 0.1) is 6.92 Å². The number of aryl methyl sites for hydroxylation is 1. The zero-order chi connectivity index (χ0) is 14.9. The molecule has 0 aliphatic carbocycles. The van der Waals surface area contributed by atoms with Crippen LogP contribution in [0.1, 0.15) is 17.6 Å². The monoisotopic (exact) mass is 325 g/mol. The van der Waals surface area contributed by atoms with Crippen molar-refractivity contribution in [2.75, 3.05) is 19.7 Å². The number of morpholine rings is 1. The SMILES string of the molecule is Cc1nccc([C@@H]2CN(S(=O)(=O)c3cccs3)CCO2)n1. The van der Waals surface area contributed by atoms with E-state index in [0.29, 0.717) is 28.9 Å². The second-order valence-corrected chi connectivity index (χ2v) is 7.80. The van der Waals surface area contributed by atoms with Crippen molar-refractivity contribution in [2.24, 2.45) is 0 Å². The van der Waals surface area contributed by atoms with E-state index in [-0.39, 0.29) is 12.6 Å². The summed E-state index contributed by atoms with van der Waals surface area (Å²) < 4.78 is 32.6. The van der Waals surface area contributed by atoms with E-state index >= 15 is 0 Å². The maximum atomic E-state index is 12.5. The second-order valence-electron chi connectivity index (χ2n) is 4.68. The van der Waals surface area contributed by atoms with Crippen LogP contribution in [0.2, 0.25) is 0 Å². The van der Waals surface area contributed by atoms with Crippen LogP contribution < -0.4 is 0 Å². The van der Waals surface area contributed by atoms with Crippen molar-refractivity contribution in [2.45, 2.75) is 17.2 Å². The number of hydrogen-bond donors (Lipinski definition) is 0. The Bertz CT molecular complexity index is 716. The lowest BCUT2D eigenvalue weighted by atomic mass is 10.2. The van der Waals surface area contributed by atoms with Gasteiger partial charge in [0.1, 0.15) is 16.1 Å². The molecule has 6 nitrogen and oxygen atoms in total. The first-order valence-corrected chi connectivity index (χ1v) is 8.84. The summed E-state index contributed by atoms with van der Waals surface area (Å²) >= 11 is 1.23. The summed E-state index contributed by atoms with van der Waals surface area (Å²) in [6, 6.07) is 5.13. The fourth-order valence-corrected chi connectivity index (χ4v) is 4.78. The third kappa shape index (κ3) is 2.98. The highest BCUT2D eigenvalue weighted by atomic mass is 32.2. The molecule has 3 heterocycles. The lowest BCUT2D eigenvalue weighted by Crippen LogP contribution is -2.42. The predicted molar refractivity (Wildman–Crippen MR) is 78.5 cm³/mol. The van der Waals surface area contributed by atoms with Crippen molar-refractivity contribution < 1.29 is 13.2 Å². The number of aromatic nitrogens is 2. The molecule has 1 atom stereocenters. The first kappa shape index (κ1) is 14.6. The van der Waals surface area contributed by atoms with Crippen LogP contribution in [-0.2, 0) is 14.8 Å². The first-order valence-electron chi connectivity index (χ1n) is 6.52. The minimum atomic E-state index is -3.44. The van der Waals surface area contributed by atoms with Gasteiger partial charge in [0.25, 0.3) is 10.0 Å². The fraction of sp³-hybridized carbons (Fsp3) is 0.385. The van der Waals surface area contributed by atoms with Gasteiger partial charge in [-0.05, 0) is 24.4 Å². The zero-order valence-corrected chi connectivity index (χ0v) is 13.1. The van der Waals surface area contributed by atoms with Crippen LogP contribution in [0.3, 0.4) is 0 Å². The fourth-order valence-electron chi connectivity index (χ4n) is 2.21. The van der Waals surface area contributed by atoms with Crippen molar-refractivity contribution in [3.8, 4) is 0 Å². The van der Waals surface area contributed by atoms with E-state index in [1.165, 1.54) is 15.6 Å². The molecule has 0 bridgehead atoms. The van der Waals surface area contributed by atoms with Crippen LogP contribution in [0.5, 0.6) is 0 Å². The second kappa shape index (κ2) is 5.80. The van der Waals surface area contributed by atoms with Crippen molar-refractivity contribution >= 4 is 21.4 Å². The molecule has 1 saturated heterocycles. The summed E-state index contributed by atoms with van der Waals surface area (Å²) in [6.07, 6.45) is 1.31. The smallest absolute Gasteiger partial charge is 0.252 e. The summed E-state index contributed by atoms with van der Waals surface area (Å²) in [7, 11) is -3.44. The lowest BCUT2D eigenvalue weighted by Gasteiger charge is -2.31. The summed E-state index contributed by atoms with van der Waals surface area (Å²) in [4.78, 5) is 8.37. The molecule has 2 aromatic heterocycles. The van der Waals surface area contributed by atoms with E-state index in [9.17, 15) is 8.42 Å². The van der Waals surface area contributed by atoms with Gasteiger partial charge in [0.15, 0.2) is 0 Å². The molecule has 0 amide bonds. The Morgan fingerprint density at radius 1 is 1.43 bits per heavy atom. The predicted octanol–water partition coefficient (Wildman–Crippen LogP) is 1.61. The molecule has 0 spiro atoms. The highest BCUT2D eigenvalue weighted by Crippen LogP contribution is 2.27. The average molecular weight is 325 g/mol. The van der Waals surface area contributed by atoms with Gasteiger partial charge in [-0.1, -0.05) is 6.07 Å². The first-order chi connectivity index (χ1) is 10.1. The minimum absolute atomic E-state index is 0.274. The van der Waals surface area contributed by atoms with Crippen molar-refractivity contribution in [3.05, 3.63) is 41.3 Å². The Morgan fingerprint density at radius 3 is 3.00 bits per heavy atom. The van der Waals surface area contributed by atoms with Gasteiger partial charge >= 0.3 is 0 Å². The highest BCUT2D eigenvalue weighted by Gasteiger charge is 2.32. The topological polar surface area (TPSA) is 72.4 Å². The summed E-state index contributed by atoms with van der Waals surface area (Å²) in [6.45, 7) is 2.79. The minimum Gasteiger partial charge on any atom is -0.369 e. The standard InChI is InChI=1S/C13H15N3O3S2/c1-10-14-5-4-11(15-10)12-9-16(6-7-19-12)21(17,18)13-3-2-8-20-13/h2-5,8,12H,6-7,9H2,1H3/t12-/m0/s1. The summed E-state index contributed by atoms with van der Waals surface area (Å²) in [5, 5.41) is 1.76. The van der Waals surface area contributed by atoms with Gasteiger partial charge in [0.05, 0.1) is 12.3 Å². The van der Waals surface area contributed by atoms with Gasteiger partial charge in [-0.3, -0.25) is 0 Å². The van der Waals surface area contributed by atoms with Crippen LogP contribution in [-0.4, -0.2) is 42.4 Å². The molecule has 0 N–H and O–H groups in total. The van der Waals surface area contributed by atoms with Gasteiger partial charge in [0.2, 0.25) is 0 Å². The molecular formula is C13H15N3O3S2. The van der Waals surface area contributed by atoms with E-state index < -0.39 is 10.0 Å². The van der Waals surface area contributed by atoms with E-state index in [0.717, 1.165) is 0 Å². The van der Waals surface area contributed by atoms with E-state index in [1.54, 1.807) is 36.7 Å². The molecule has 112 valence electrons. The number of ether oxygens (including phenoxy) is 1. The molecule has 0 aromatic carbocycles. The molecule has 0 saturated carbocycles. The molecular weight excluding hydrogens is 310 g/mol. The normalized spacial score (nSPS) is 20.5. The number of rotatable bonds is 3. The van der Waals surface area contributed by atoms with Gasteiger partial charge in [-0.25, -0.2) is 18.4 Å². The largest absolute Gasteiger partial charge is 0.369 e. The average Bonchev–Trinajstić information content (AvgIpc) is 3.02. The molecule has 21 heavy (non-hydrogen) atoms. The third-order valence-corrected chi connectivity index (χ3v) is 6.48. The van der Waals surface area contributed by atoms with Gasteiger partial charge in [-0.2, -0.15) is 4.31 Å². The number of hydrogen-bond acceptors (Lipinski definition) is 6. The van der Waals surface area contributed by atoms with Crippen LogP contribution >= 0.6 is 11.3 Å². The zero-order valence-electron chi connectivity index (χ0n) is 11.5. The van der Waals surface area contributed by atoms with Crippen molar-refractivity contribution in [1.82, 2.24) is 14.3 Å². The molecule has 3 rings (SSSR count). The third-order valence-electron chi connectivity index (χ3n) is 3.25. The molecule has 0 radical (unpaired) electrons. The molecule has 1 fully saturated rings. The Hall–Kier alpha value is -1.35. The van der Waals surface area contributed by atoms with Gasteiger partial charge < -0.3 is 4.74 Å². The van der Waals surface area contributed by atoms with E-state index in [1.807, 2.05) is 0 Å². The maximum absolute atomic E-state index is 12.5. The summed E-state index contributed by atoms with van der Waals surface area (Å²) in [5.74, 6) is 0.648. The van der Waals surface area contributed by atoms with Crippen molar-refractivity contribution in [1.29, 1.82) is 0 Å². The number of nitrogens with zero attached hydrogens (tertiary/aromatic N) is 3. The summed E-state index contributed by atoms with van der Waals surface area (Å²) in [5.41, 5.74) is 0.716. The Morgan fingerprint density at radius 2 is 2.29 bits per heavy atom. The van der Waals surface area contributed by atoms with E-state index in [2.05, 4.69) is 9.97 Å². The van der Waals surface area contributed by atoms with Gasteiger partial charge in [0, 0.05) is 19.3 Å². The Kier molecular flexibility index (Phi) is 4.03. The molecule has 1 aliphatic heterocycles.